The van der Waals surface area contributed by atoms with Crippen LogP contribution in [0.4, 0.5) is 0 Å². The van der Waals surface area contributed by atoms with E-state index in [4.69, 9.17) is 10.8 Å². The molecular formula is C12H27N3O. The third-order valence-corrected chi connectivity index (χ3v) is 3.60. The number of rotatable bonds is 5. The van der Waals surface area contributed by atoms with Crippen LogP contribution in [0.15, 0.2) is 0 Å². The average molecular weight is 229 g/mol. The summed E-state index contributed by atoms with van der Waals surface area (Å²) in [5, 5.41) is 9.17. The summed E-state index contributed by atoms with van der Waals surface area (Å²) >= 11 is 0. The molecule has 16 heavy (non-hydrogen) atoms. The molecule has 0 aromatic rings. The van der Waals surface area contributed by atoms with Crippen molar-refractivity contribution in [2.24, 2.45) is 5.73 Å². The summed E-state index contributed by atoms with van der Waals surface area (Å²) in [6, 6.07) is 0.459. The van der Waals surface area contributed by atoms with Gasteiger partial charge >= 0.3 is 0 Å². The maximum atomic E-state index is 9.17. The van der Waals surface area contributed by atoms with E-state index < -0.39 is 5.54 Å². The zero-order valence-corrected chi connectivity index (χ0v) is 10.9. The van der Waals surface area contributed by atoms with Crippen LogP contribution in [0.1, 0.15) is 27.2 Å². The maximum Gasteiger partial charge on any atom is 0.0609 e. The third kappa shape index (κ3) is 4.01. The van der Waals surface area contributed by atoms with Gasteiger partial charge in [-0.05, 0) is 26.8 Å². The normalized spacial score (nSPS) is 25.3. The van der Waals surface area contributed by atoms with E-state index in [-0.39, 0.29) is 6.61 Å². The highest BCUT2D eigenvalue weighted by Crippen LogP contribution is 2.15. The first-order chi connectivity index (χ1) is 7.48. The largest absolute Gasteiger partial charge is 0.394 e. The van der Waals surface area contributed by atoms with E-state index in [2.05, 4.69) is 23.6 Å². The lowest BCUT2D eigenvalue weighted by Gasteiger charge is -2.39. The molecule has 2 atom stereocenters. The monoisotopic (exact) mass is 229 g/mol. The minimum absolute atomic E-state index is 0.0618. The number of hydrogen-bond acceptors (Lipinski definition) is 4. The lowest BCUT2D eigenvalue weighted by atomic mass is 9.95. The Hall–Kier alpha value is -0.160. The quantitative estimate of drug-likeness (QED) is 0.703. The SMILES string of the molecule is CCN1CCN(C(C)CC(C)(N)CO)CC1. The summed E-state index contributed by atoms with van der Waals surface area (Å²) in [6.07, 6.45) is 0.857. The molecule has 0 aromatic heterocycles. The van der Waals surface area contributed by atoms with Gasteiger partial charge in [0.15, 0.2) is 0 Å². The molecule has 0 radical (unpaired) electrons. The Balaban J connectivity index is 2.36. The summed E-state index contributed by atoms with van der Waals surface area (Å²) in [5.41, 5.74) is 5.55. The van der Waals surface area contributed by atoms with Crippen LogP contribution in [0.3, 0.4) is 0 Å². The molecule has 2 unspecified atom stereocenters. The van der Waals surface area contributed by atoms with Gasteiger partial charge in [-0.15, -0.1) is 0 Å². The maximum absolute atomic E-state index is 9.17. The second-order valence-corrected chi connectivity index (χ2v) is 5.34. The molecule has 3 N–H and O–H groups in total. The van der Waals surface area contributed by atoms with Crippen LogP contribution in [-0.4, -0.2) is 65.8 Å². The molecule has 0 bridgehead atoms. The lowest BCUT2D eigenvalue weighted by Crippen LogP contribution is -2.53. The van der Waals surface area contributed by atoms with Crippen molar-refractivity contribution in [3.05, 3.63) is 0 Å². The van der Waals surface area contributed by atoms with Gasteiger partial charge in [0.05, 0.1) is 6.61 Å². The molecule has 1 aliphatic rings. The van der Waals surface area contributed by atoms with Crippen molar-refractivity contribution in [3.8, 4) is 0 Å². The Morgan fingerprint density at radius 2 is 1.88 bits per heavy atom. The van der Waals surface area contributed by atoms with Gasteiger partial charge in [-0.3, -0.25) is 4.90 Å². The molecule has 1 aliphatic heterocycles. The van der Waals surface area contributed by atoms with Gasteiger partial charge in [0.2, 0.25) is 0 Å². The van der Waals surface area contributed by atoms with Crippen molar-refractivity contribution in [1.82, 2.24) is 9.80 Å². The lowest BCUT2D eigenvalue weighted by molar-refractivity contribution is 0.0827. The molecule has 1 heterocycles. The molecule has 1 fully saturated rings. The smallest absolute Gasteiger partial charge is 0.0609 e. The summed E-state index contributed by atoms with van der Waals surface area (Å²) in [4.78, 5) is 4.95. The molecule has 4 heteroatoms. The van der Waals surface area contributed by atoms with Crippen LogP contribution in [0.2, 0.25) is 0 Å². The fraction of sp³-hybridized carbons (Fsp3) is 1.00. The van der Waals surface area contributed by atoms with E-state index in [1.165, 1.54) is 0 Å². The Morgan fingerprint density at radius 1 is 1.31 bits per heavy atom. The van der Waals surface area contributed by atoms with Crippen LogP contribution < -0.4 is 5.73 Å². The molecular weight excluding hydrogens is 202 g/mol. The van der Waals surface area contributed by atoms with Crippen LogP contribution in [0.25, 0.3) is 0 Å². The van der Waals surface area contributed by atoms with E-state index in [1.807, 2.05) is 6.92 Å². The molecule has 96 valence electrons. The zero-order valence-electron chi connectivity index (χ0n) is 10.9. The first kappa shape index (κ1) is 13.9. The fourth-order valence-corrected chi connectivity index (χ4v) is 2.39. The Morgan fingerprint density at radius 3 is 2.31 bits per heavy atom. The predicted molar refractivity (Wildman–Crippen MR) is 67.4 cm³/mol. The average Bonchev–Trinajstić information content (AvgIpc) is 2.28. The first-order valence-electron chi connectivity index (χ1n) is 6.34. The first-order valence-corrected chi connectivity index (χ1v) is 6.34. The second kappa shape index (κ2) is 5.96. The highest BCUT2D eigenvalue weighted by Gasteiger charge is 2.26. The predicted octanol–water partition coefficient (Wildman–Crippen LogP) is 0.112. The van der Waals surface area contributed by atoms with Crippen molar-refractivity contribution in [2.75, 3.05) is 39.3 Å². The topological polar surface area (TPSA) is 52.7 Å². The van der Waals surface area contributed by atoms with Crippen molar-refractivity contribution in [3.63, 3.8) is 0 Å². The van der Waals surface area contributed by atoms with E-state index in [0.717, 1.165) is 39.1 Å². The Labute approximate surface area is 99.4 Å². The van der Waals surface area contributed by atoms with Gasteiger partial charge < -0.3 is 15.7 Å². The van der Waals surface area contributed by atoms with E-state index >= 15 is 0 Å². The van der Waals surface area contributed by atoms with Gasteiger partial charge in [0.25, 0.3) is 0 Å². The molecule has 0 amide bonds. The molecule has 0 spiro atoms. The van der Waals surface area contributed by atoms with Gasteiger partial charge in [-0.1, -0.05) is 6.92 Å². The number of nitrogens with two attached hydrogens (primary N) is 1. The van der Waals surface area contributed by atoms with Crippen LogP contribution in [-0.2, 0) is 0 Å². The van der Waals surface area contributed by atoms with Gasteiger partial charge in [0, 0.05) is 37.8 Å². The summed E-state index contributed by atoms with van der Waals surface area (Å²) in [7, 11) is 0. The van der Waals surface area contributed by atoms with E-state index in [9.17, 15) is 0 Å². The number of hydrogen-bond donors (Lipinski definition) is 2. The van der Waals surface area contributed by atoms with Gasteiger partial charge in [0.1, 0.15) is 0 Å². The van der Waals surface area contributed by atoms with Gasteiger partial charge in [-0.2, -0.15) is 0 Å². The highest BCUT2D eigenvalue weighted by molar-refractivity contribution is 4.85. The molecule has 1 saturated heterocycles. The van der Waals surface area contributed by atoms with Crippen molar-refractivity contribution < 1.29 is 5.11 Å². The van der Waals surface area contributed by atoms with Crippen LogP contribution >= 0.6 is 0 Å². The summed E-state index contributed by atoms with van der Waals surface area (Å²) < 4.78 is 0. The number of piperazine rings is 1. The zero-order chi connectivity index (χ0) is 12.2. The van der Waals surface area contributed by atoms with Crippen molar-refractivity contribution in [1.29, 1.82) is 0 Å². The summed E-state index contributed by atoms with van der Waals surface area (Å²) in [5.74, 6) is 0. The Bertz CT molecular complexity index is 200. The number of aliphatic hydroxyl groups is 1. The van der Waals surface area contributed by atoms with E-state index in [1.54, 1.807) is 0 Å². The molecule has 0 aromatic carbocycles. The minimum Gasteiger partial charge on any atom is -0.394 e. The minimum atomic E-state index is -0.443. The second-order valence-electron chi connectivity index (χ2n) is 5.34. The van der Waals surface area contributed by atoms with Crippen molar-refractivity contribution >= 4 is 0 Å². The van der Waals surface area contributed by atoms with Crippen LogP contribution in [0.5, 0.6) is 0 Å². The molecule has 1 rings (SSSR count). The van der Waals surface area contributed by atoms with Gasteiger partial charge in [-0.25, -0.2) is 0 Å². The molecule has 0 saturated carbocycles. The molecule has 4 nitrogen and oxygen atoms in total. The number of nitrogens with zero attached hydrogens (tertiary/aromatic N) is 2. The number of likely N-dealkylation sites (N-methyl/N-ethyl adjacent to an activating group) is 1. The van der Waals surface area contributed by atoms with Crippen molar-refractivity contribution in [2.45, 2.75) is 38.8 Å². The number of aliphatic hydroxyl groups excluding tert-OH is 1. The third-order valence-electron chi connectivity index (χ3n) is 3.60. The van der Waals surface area contributed by atoms with E-state index in [0.29, 0.717) is 6.04 Å². The highest BCUT2D eigenvalue weighted by atomic mass is 16.3. The fourth-order valence-electron chi connectivity index (χ4n) is 2.39. The Kier molecular flexibility index (Phi) is 5.18. The van der Waals surface area contributed by atoms with Crippen LogP contribution in [0, 0.1) is 0 Å². The standard InChI is InChI=1S/C12H27N3O/c1-4-14-5-7-15(8-6-14)11(2)9-12(3,13)10-16/h11,16H,4-10,13H2,1-3H3. The summed E-state index contributed by atoms with van der Waals surface area (Å²) in [6.45, 7) is 12.1. The molecule has 0 aliphatic carbocycles.